The molecule has 3 atom stereocenters. The molecule has 2 aliphatic rings. The van der Waals surface area contributed by atoms with Gasteiger partial charge in [-0.05, 0) is 52.0 Å². The zero-order chi connectivity index (χ0) is 20.2. The van der Waals surface area contributed by atoms with Gasteiger partial charge in [0.25, 0.3) is 0 Å². The maximum absolute atomic E-state index is 12.4. The molecule has 0 aliphatic carbocycles. The summed E-state index contributed by atoms with van der Waals surface area (Å²) in [4.78, 5) is 12.4. The third kappa shape index (κ3) is 3.00. The standard InChI is InChI=1S/C23H30O5/c1-6-7-8-14-11-16(24)27-22-17(14)21-15(9-10-23(4,5)28-21)20-18(22)19(25)12(2)13(3)26-20/h11-13,19,25H,6-10H2,1-5H3. The van der Waals surface area contributed by atoms with Crippen molar-refractivity contribution in [3.63, 3.8) is 0 Å². The van der Waals surface area contributed by atoms with Gasteiger partial charge in [-0.15, -0.1) is 0 Å². The topological polar surface area (TPSA) is 68.9 Å². The van der Waals surface area contributed by atoms with Gasteiger partial charge in [0, 0.05) is 17.5 Å². The van der Waals surface area contributed by atoms with Gasteiger partial charge in [-0.2, -0.15) is 0 Å². The predicted octanol–water partition coefficient (Wildman–Crippen LogP) is 4.69. The van der Waals surface area contributed by atoms with E-state index >= 15 is 0 Å². The molecule has 28 heavy (non-hydrogen) atoms. The average molecular weight is 386 g/mol. The summed E-state index contributed by atoms with van der Waals surface area (Å²) >= 11 is 0. The molecule has 5 nitrogen and oxygen atoms in total. The predicted molar refractivity (Wildman–Crippen MR) is 108 cm³/mol. The normalized spacial score (nSPS) is 25.6. The summed E-state index contributed by atoms with van der Waals surface area (Å²) < 4.78 is 18.4. The Kier molecular flexibility index (Phi) is 4.69. The Bertz CT molecular complexity index is 971. The van der Waals surface area contributed by atoms with Crippen LogP contribution in [-0.4, -0.2) is 16.8 Å². The van der Waals surface area contributed by atoms with Gasteiger partial charge >= 0.3 is 5.63 Å². The monoisotopic (exact) mass is 386 g/mol. The lowest BCUT2D eigenvalue weighted by atomic mass is 9.83. The summed E-state index contributed by atoms with van der Waals surface area (Å²) in [7, 11) is 0. The Balaban J connectivity index is 2.10. The van der Waals surface area contributed by atoms with E-state index < -0.39 is 11.7 Å². The van der Waals surface area contributed by atoms with Crippen LogP contribution in [0.1, 0.15) is 76.7 Å². The van der Waals surface area contributed by atoms with Crippen LogP contribution in [0.3, 0.4) is 0 Å². The number of rotatable bonds is 3. The first-order valence-electron chi connectivity index (χ1n) is 10.4. The molecule has 0 spiro atoms. The van der Waals surface area contributed by atoms with Gasteiger partial charge in [0.2, 0.25) is 0 Å². The first-order valence-corrected chi connectivity index (χ1v) is 10.4. The Morgan fingerprint density at radius 1 is 1.25 bits per heavy atom. The molecule has 3 heterocycles. The lowest BCUT2D eigenvalue weighted by molar-refractivity contribution is 0.0151. The summed E-state index contributed by atoms with van der Waals surface area (Å²) in [6.45, 7) is 10.2. The van der Waals surface area contributed by atoms with Crippen LogP contribution in [0.4, 0.5) is 0 Å². The summed E-state index contributed by atoms with van der Waals surface area (Å²) in [5, 5.41) is 11.9. The lowest BCUT2D eigenvalue weighted by Crippen LogP contribution is -2.36. The number of fused-ring (bicyclic) bond motifs is 6. The maximum atomic E-state index is 12.4. The van der Waals surface area contributed by atoms with E-state index in [0.29, 0.717) is 16.9 Å². The lowest BCUT2D eigenvalue weighted by Gasteiger charge is -2.39. The fraction of sp³-hybridized carbons (Fsp3) is 0.609. The number of aryl methyl sites for hydroxylation is 1. The van der Waals surface area contributed by atoms with Gasteiger partial charge in [-0.25, -0.2) is 4.79 Å². The number of aliphatic hydroxyl groups excluding tert-OH is 1. The summed E-state index contributed by atoms with van der Waals surface area (Å²) in [6.07, 6.45) is 3.57. The molecule has 0 saturated carbocycles. The van der Waals surface area contributed by atoms with E-state index in [9.17, 15) is 9.90 Å². The molecule has 0 amide bonds. The van der Waals surface area contributed by atoms with E-state index in [0.717, 1.165) is 54.4 Å². The van der Waals surface area contributed by atoms with Crippen LogP contribution in [0, 0.1) is 5.92 Å². The van der Waals surface area contributed by atoms with Crippen molar-refractivity contribution < 1.29 is 19.0 Å². The molecule has 1 N–H and O–H groups in total. The van der Waals surface area contributed by atoms with Crippen LogP contribution in [-0.2, 0) is 12.8 Å². The van der Waals surface area contributed by atoms with Gasteiger partial charge in [0.15, 0.2) is 5.58 Å². The first kappa shape index (κ1) is 19.3. The molecule has 0 bridgehead atoms. The molecule has 152 valence electrons. The van der Waals surface area contributed by atoms with Crippen molar-refractivity contribution >= 4 is 11.0 Å². The number of ether oxygens (including phenoxy) is 2. The summed E-state index contributed by atoms with van der Waals surface area (Å²) in [5.41, 5.74) is 2.26. The molecule has 5 heteroatoms. The molecule has 1 aromatic heterocycles. The molecule has 2 aromatic rings. The molecule has 0 fully saturated rings. The van der Waals surface area contributed by atoms with Crippen molar-refractivity contribution in [2.45, 2.75) is 84.5 Å². The summed E-state index contributed by atoms with van der Waals surface area (Å²) in [5.74, 6) is 1.31. The molecular weight excluding hydrogens is 356 g/mol. The molecule has 1 aromatic carbocycles. The zero-order valence-electron chi connectivity index (χ0n) is 17.4. The Morgan fingerprint density at radius 3 is 2.71 bits per heavy atom. The van der Waals surface area contributed by atoms with E-state index in [-0.39, 0.29) is 17.6 Å². The van der Waals surface area contributed by atoms with Gasteiger partial charge < -0.3 is 19.0 Å². The third-order valence-corrected chi connectivity index (χ3v) is 6.30. The maximum Gasteiger partial charge on any atom is 0.336 e. The summed E-state index contributed by atoms with van der Waals surface area (Å²) in [6, 6.07) is 1.58. The highest BCUT2D eigenvalue weighted by atomic mass is 16.5. The van der Waals surface area contributed by atoms with E-state index in [1.54, 1.807) is 6.07 Å². The van der Waals surface area contributed by atoms with Crippen LogP contribution in [0.5, 0.6) is 11.5 Å². The number of hydrogen-bond donors (Lipinski definition) is 1. The highest BCUT2D eigenvalue weighted by Crippen LogP contribution is 2.52. The fourth-order valence-electron chi connectivity index (χ4n) is 4.37. The molecule has 2 aliphatic heterocycles. The Hall–Kier alpha value is -2.01. The van der Waals surface area contributed by atoms with Crippen LogP contribution >= 0.6 is 0 Å². The van der Waals surface area contributed by atoms with Crippen molar-refractivity contribution in [2.24, 2.45) is 5.92 Å². The SMILES string of the molecule is CCCCc1cc(=O)oc2c3c(c4c(c12)OC(C)(C)CC4)OC(C)C(C)C3O. The number of benzene rings is 1. The molecule has 0 radical (unpaired) electrons. The highest BCUT2D eigenvalue weighted by Gasteiger charge is 2.41. The van der Waals surface area contributed by atoms with Gasteiger partial charge in [0.05, 0.1) is 17.1 Å². The third-order valence-electron chi connectivity index (χ3n) is 6.30. The molecule has 4 rings (SSSR count). The Labute approximate surface area is 165 Å². The smallest absolute Gasteiger partial charge is 0.336 e. The minimum Gasteiger partial charge on any atom is -0.489 e. The van der Waals surface area contributed by atoms with Crippen molar-refractivity contribution in [3.8, 4) is 11.5 Å². The van der Waals surface area contributed by atoms with E-state index in [1.807, 2.05) is 13.8 Å². The minimum atomic E-state index is -0.744. The van der Waals surface area contributed by atoms with Crippen molar-refractivity contribution in [1.29, 1.82) is 0 Å². The number of unbranched alkanes of at least 4 members (excludes halogenated alkanes) is 1. The van der Waals surface area contributed by atoms with Crippen molar-refractivity contribution in [3.05, 3.63) is 33.2 Å². The minimum absolute atomic E-state index is 0.0979. The van der Waals surface area contributed by atoms with Crippen molar-refractivity contribution in [1.82, 2.24) is 0 Å². The van der Waals surface area contributed by atoms with Gasteiger partial charge in [-0.1, -0.05) is 20.3 Å². The van der Waals surface area contributed by atoms with Gasteiger partial charge in [0.1, 0.15) is 23.2 Å². The zero-order valence-corrected chi connectivity index (χ0v) is 17.4. The van der Waals surface area contributed by atoms with E-state index in [1.165, 1.54) is 0 Å². The molecular formula is C23H30O5. The van der Waals surface area contributed by atoms with E-state index in [2.05, 4.69) is 20.8 Å². The molecule has 3 unspecified atom stereocenters. The second-order valence-electron chi connectivity index (χ2n) is 8.94. The quantitative estimate of drug-likeness (QED) is 0.775. The second-order valence-corrected chi connectivity index (χ2v) is 8.94. The van der Waals surface area contributed by atoms with Crippen LogP contribution < -0.4 is 15.1 Å². The molecule has 0 saturated heterocycles. The number of hydrogen-bond acceptors (Lipinski definition) is 5. The van der Waals surface area contributed by atoms with Crippen molar-refractivity contribution in [2.75, 3.05) is 0 Å². The Morgan fingerprint density at radius 2 is 2.00 bits per heavy atom. The van der Waals surface area contributed by atoms with Crippen LogP contribution in [0.2, 0.25) is 0 Å². The fourth-order valence-corrected chi connectivity index (χ4v) is 4.37. The van der Waals surface area contributed by atoms with E-state index in [4.69, 9.17) is 13.9 Å². The van der Waals surface area contributed by atoms with Crippen LogP contribution in [0.15, 0.2) is 15.3 Å². The highest BCUT2D eigenvalue weighted by molar-refractivity contribution is 5.94. The first-order chi connectivity index (χ1) is 13.2. The largest absolute Gasteiger partial charge is 0.489 e. The van der Waals surface area contributed by atoms with Crippen LogP contribution in [0.25, 0.3) is 11.0 Å². The number of aliphatic hydroxyl groups is 1. The second kappa shape index (κ2) is 6.80. The van der Waals surface area contributed by atoms with Gasteiger partial charge in [-0.3, -0.25) is 0 Å². The average Bonchev–Trinajstić information content (AvgIpc) is 2.62.